The van der Waals surface area contributed by atoms with Crippen LogP contribution >= 0.6 is 22.9 Å². The van der Waals surface area contributed by atoms with Crippen LogP contribution in [0.5, 0.6) is 0 Å². The zero-order valence-electron chi connectivity index (χ0n) is 21.7. The maximum absolute atomic E-state index is 13.8. The maximum Gasteiger partial charge on any atom is 0.260 e. The first kappa shape index (κ1) is 28.9. The monoisotopic (exact) mass is 581 g/mol. The number of sulfonamides is 1. The van der Waals surface area contributed by atoms with E-state index in [1.165, 1.54) is 54.1 Å². The van der Waals surface area contributed by atoms with Crippen molar-refractivity contribution >= 4 is 54.2 Å². The lowest BCUT2D eigenvalue weighted by molar-refractivity contribution is 0.0917. The van der Waals surface area contributed by atoms with Crippen molar-refractivity contribution in [3.63, 3.8) is 0 Å². The van der Waals surface area contributed by atoms with Gasteiger partial charge in [-0.3, -0.25) is 9.69 Å². The Morgan fingerprint density at radius 3 is 2.42 bits per heavy atom. The van der Waals surface area contributed by atoms with Crippen LogP contribution in [0.4, 0.5) is 5.13 Å². The Balaban J connectivity index is 1.63. The number of carbonyl (C=O) groups excluding carboxylic acids is 1. The van der Waals surface area contributed by atoms with E-state index in [9.17, 15) is 13.2 Å². The molecule has 38 heavy (non-hydrogen) atoms. The highest BCUT2D eigenvalue weighted by atomic mass is 35.5. The smallest absolute Gasteiger partial charge is 0.260 e. The number of anilines is 1. The molecule has 9 nitrogen and oxygen atoms in total. The molecule has 0 N–H and O–H groups in total. The minimum Gasteiger partial charge on any atom is -0.383 e. The molecule has 2 aromatic carbocycles. The Hall–Kier alpha value is -2.12. The van der Waals surface area contributed by atoms with Crippen molar-refractivity contribution in [1.82, 2.24) is 9.29 Å². The number of benzene rings is 2. The number of rotatable bonds is 12. The van der Waals surface area contributed by atoms with E-state index >= 15 is 0 Å². The summed E-state index contributed by atoms with van der Waals surface area (Å²) in [6.07, 6.45) is 1.71. The molecule has 0 saturated carbocycles. The van der Waals surface area contributed by atoms with Gasteiger partial charge >= 0.3 is 0 Å². The fourth-order valence-corrected chi connectivity index (χ4v) is 6.85. The lowest BCUT2D eigenvalue weighted by atomic mass is 10.2. The molecular formula is C26H32ClN3O6S2. The van der Waals surface area contributed by atoms with E-state index in [-0.39, 0.29) is 43.2 Å². The van der Waals surface area contributed by atoms with Crippen LogP contribution in [0.1, 0.15) is 28.8 Å². The van der Waals surface area contributed by atoms with Gasteiger partial charge in [0, 0.05) is 44.5 Å². The van der Waals surface area contributed by atoms with E-state index in [4.69, 9.17) is 30.8 Å². The van der Waals surface area contributed by atoms with Crippen molar-refractivity contribution in [1.29, 1.82) is 0 Å². The lowest BCUT2D eigenvalue weighted by Crippen LogP contribution is -2.38. The standard InChI is InChI=1S/C26H32ClN3O6S2/c1-18-22(27)10-11-23-24(18)28-26(37-23)30(17-20-5-4-14-36-20)25(31)19-6-8-21(9-7-19)38(32,33)29(12-15-34-2)13-16-35-3/h6-11,20H,4-5,12-17H2,1-3H3. The third kappa shape index (κ3) is 6.36. The van der Waals surface area contributed by atoms with Crippen molar-refractivity contribution in [2.24, 2.45) is 0 Å². The van der Waals surface area contributed by atoms with Gasteiger partial charge in [0.1, 0.15) is 0 Å². The molecule has 4 rings (SSSR count). The number of ether oxygens (including phenoxy) is 3. The largest absolute Gasteiger partial charge is 0.383 e. The molecule has 0 spiro atoms. The van der Waals surface area contributed by atoms with Gasteiger partial charge in [-0.2, -0.15) is 4.31 Å². The average Bonchev–Trinajstić information content (AvgIpc) is 3.59. The number of aromatic nitrogens is 1. The molecule has 3 aromatic rings. The van der Waals surface area contributed by atoms with Crippen LogP contribution in [0, 0.1) is 6.92 Å². The van der Waals surface area contributed by atoms with Crippen molar-refractivity contribution in [2.45, 2.75) is 30.8 Å². The molecule has 1 unspecified atom stereocenters. The second kappa shape index (κ2) is 12.8. The van der Waals surface area contributed by atoms with Crippen molar-refractivity contribution in [2.75, 3.05) is 58.6 Å². The van der Waals surface area contributed by atoms with Gasteiger partial charge < -0.3 is 14.2 Å². The quantitative estimate of drug-likeness (QED) is 0.313. The molecule has 0 bridgehead atoms. The topological polar surface area (TPSA) is 98.3 Å². The first-order valence-electron chi connectivity index (χ1n) is 12.3. The molecule has 1 fully saturated rings. The van der Waals surface area contributed by atoms with Crippen molar-refractivity contribution in [3.8, 4) is 0 Å². The Bertz CT molecular complexity index is 1350. The molecule has 1 aliphatic rings. The number of nitrogens with zero attached hydrogens (tertiary/aromatic N) is 3. The third-order valence-corrected chi connectivity index (χ3v) is 9.82. The highest BCUT2D eigenvalue weighted by molar-refractivity contribution is 7.89. The Kier molecular flexibility index (Phi) is 9.74. The summed E-state index contributed by atoms with van der Waals surface area (Å²) in [6, 6.07) is 9.73. The summed E-state index contributed by atoms with van der Waals surface area (Å²) in [5.41, 5.74) is 1.98. The van der Waals surface area contributed by atoms with Crippen LogP contribution in [0.2, 0.25) is 5.02 Å². The summed E-state index contributed by atoms with van der Waals surface area (Å²) < 4.78 is 44.7. The second-order valence-corrected chi connectivity index (χ2v) is 12.3. The molecule has 12 heteroatoms. The second-order valence-electron chi connectivity index (χ2n) is 8.98. The molecule has 1 aliphatic heterocycles. The first-order valence-corrected chi connectivity index (χ1v) is 15.0. The third-order valence-electron chi connectivity index (χ3n) is 6.45. The van der Waals surface area contributed by atoms with E-state index < -0.39 is 10.0 Å². The molecule has 1 atom stereocenters. The molecule has 1 aromatic heterocycles. The van der Waals surface area contributed by atoms with Crippen LogP contribution in [-0.2, 0) is 24.2 Å². The first-order chi connectivity index (χ1) is 18.3. The number of hydrogen-bond acceptors (Lipinski definition) is 8. The van der Waals surface area contributed by atoms with E-state index in [1.807, 2.05) is 19.1 Å². The van der Waals surface area contributed by atoms with Gasteiger partial charge in [-0.25, -0.2) is 13.4 Å². The molecule has 0 aliphatic carbocycles. The summed E-state index contributed by atoms with van der Waals surface area (Å²) in [5.74, 6) is -0.275. The van der Waals surface area contributed by atoms with Crippen LogP contribution in [0.15, 0.2) is 41.3 Å². The predicted octanol–water partition coefficient (Wildman–Crippen LogP) is 4.37. The van der Waals surface area contributed by atoms with E-state index in [0.29, 0.717) is 28.9 Å². The summed E-state index contributed by atoms with van der Waals surface area (Å²) in [5, 5.41) is 1.17. The van der Waals surface area contributed by atoms with Gasteiger partial charge in [0.05, 0.1) is 41.0 Å². The summed E-state index contributed by atoms with van der Waals surface area (Å²) in [4.78, 5) is 20.2. The number of fused-ring (bicyclic) bond motifs is 1. The van der Waals surface area contributed by atoms with Gasteiger partial charge in [-0.05, 0) is 61.7 Å². The molecule has 2 heterocycles. The van der Waals surface area contributed by atoms with Crippen LogP contribution in [-0.4, -0.2) is 83.4 Å². The van der Waals surface area contributed by atoms with Gasteiger partial charge in [0.15, 0.2) is 5.13 Å². The fraction of sp³-hybridized carbons (Fsp3) is 0.462. The molecule has 206 valence electrons. The number of aryl methyl sites for hydroxylation is 1. The minimum absolute atomic E-state index is 0.0922. The number of halogens is 1. The normalized spacial score (nSPS) is 16.0. The summed E-state index contributed by atoms with van der Waals surface area (Å²) in [6.45, 7) is 3.82. The number of carbonyl (C=O) groups is 1. The number of methoxy groups -OCH3 is 2. The highest BCUT2D eigenvalue weighted by Crippen LogP contribution is 2.35. The van der Waals surface area contributed by atoms with Crippen molar-refractivity contribution in [3.05, 3.63) is 52.5 Å². The molecule has 1 amide bonds. The predicted molar refractivity (Wildman–Crippen MR) is 149 cm³/mol. The molecular weight excluding hydrogens is 550 g/mol. The Morgan fingerprint density at radius 1 is 1.13 bits per heavy atom. The summed E-state index contributed by atoms with van der Waals surface area (Å²) in [7, 11) is -0.761. The average molecular weight is 582 g/mol. The lowest BCUT2D eigenvalue weighted by Gasteiger charge is -2.24. The number of thiazole rings is 1. The van der Waals surface area contributed by atoms with Gasteiger partial charge in [-0.15, -0.1) is 0 Å². The van der Waals surface area contributed by atoms with Gasteiger partial charge in [0.2, 0.25) is 10.0 Å². The van der Waals surface area contributed by atoms with Gasteiger partial charge in [0.25, 0.3) is 5.91 Å². The number of amides is 1. The van der Waals surface area contributed by atoms with E-state index in [1.54, 1.807) is 4.90 Å². The van der Waals surface area contributed by atoms with Crippen LogP contribution in [0.3, 0.4) is 0 Å². The van der Waals surface area contributed by atoms with Gasteiger partial charge in [-0.1, -0.05) is 22.9 Å². The van der Waals surface area contributed by atoms with Crippen LogP contribution in [0.25, 0.3) is 10.2 Å². The van der Waals surface area contributed by atoms with E-state index in [2.05, 4.69) is 0 Å². The SMILES string of the molecule is COCCN(CCOC)S(=O)(=O)c1ccc(C(=O)N(CC2CCCO2)c2nc3c(C)c(Cl)ccc3s2)cc1. The highest BCUT2D eigenvalue weighted by Gasteiger charge is 2.29. The van der Waals surface area contributed by atoms with E-state index in [0.717, 1.165) is 28.6 Å². The fourth-order valence-electron chi connectivity index (χ4n) is 4.26. The zero-order valence-corrected chi connectivity index (χ0v) is 24.1. The minimum atomic E-state index is -3.80. The molecule has 0 radical (unpaired) electrons. The summed E-state index contributed by atoms with van der Waals surface area (Å²) >= 11 is 7.71. The van der Waals surface area contributed by atoms with Crippen molar-refractivity contribution < 1.29 is 27.4 Å². The maximum atomic E-state index is 13.8. The Morgan fingerprint density at radius 2 is 1.82 bits per heavy atom. The Labute approximate surface area is 232 Å². The molecule has 1 saturated heterocycles. The zero-order chi connectivity index (χ0) is 27.3. The van der Waals surface area contributed by atoms with Crippen LogP contribution < -0.4 is 4.90 Å². The number of hydrogen-bond donors (Lipinski definition) is 0.